The number of nitrogens with zero attached hydrogens (tertiary/aromatic N) is 3. The number of rotatable bonds is 2. The van der Waals surface area contributed by atoms with Crippen LogP contribution in [0, 0.1) is 3.57 Å². The van der Waals surface area contributed by atoms with Crippen molar-refractivity contribution in [1.82, 2.24) is 19.5 Å². The predicted molar refractivity (Wildman–Crippen MR) is 80.8 cm³/mol. The highest BCUT2D eigenvalue weighted by Gasteiger charge is 2.11. The molecule has 0 aliphatic carbocycles. The monoisotopic (exact) mass is 367 g/mol. The van der Waals surface area contributed by atoms with Crippen molar-refractivity contribution in [3.63, 3.8) is 0 Å². The number of hydrogen-bond acceptors (Lipinski definition) is 4. The molecule has 1 aromatic carbocycles. The minimum Gasteiger partial charge on any atom is -0.369 e. The Morgan fingerprint density at radius 1 is 1.37 bits per heavy atom. The number of aromatic nitrogens is 4. The van der Waals surface area contributed by atoms with E-state index in [1.54, 1.807) is 0 Å². The van der Waals surface area contributed by atoms with Gasteiger partial charge >= 0.3 is 0 Å². The zero-order valence-corrected chi connectivity index (χ0v) is 12.0. The predicted octanol–water partition coefficient (Wildman–Crippen LogP) is 1.35. The number of imidazole rings is 1. The third kappa shape index (κ3) is 2.09. The molecule has 0 amide bonds. The number of benzene rings is 1. The van der Waals surface area contributed by atoms with Crippen LogP contribution in [0.4, 0.5) is 5.95 Å². The lowest BCUT2D eigenvalue weighted by atomic mass is 10.2. The fourth-order valence-electron chi connectivity index (χ4n) is 1.89. The van der Waals surface area contributed by atoms with Crippen LogP contribution in [0.25, 0.3) is 11.2 Å². The van der Waals surface area contributed by atoms with Crippen molar-refractivity contribution in [2.75, 3.05) is 5.73 Å². The van der Waals surface area contributed by atoms with E-state index in [1.807, 2.05) is 24.3 Å². The van der Waals surface area contributed by atoms with Crippen LogP contribution in [0.3, 0.4) is 0 Å². The van der Waals surface area contributed by atoms with E-state index in [9.17, 15) is 4.79 Å². The molecule has 96 valence electrons. The molecule has 0 aliphatic rings. The first-order valence-corrected chi connectivity index (χ1v) is 6.67. The fourth-order valence-corrected chi connectivity index (χ4v) is 2.44. The zero-order chi connectivity index (χ0) is 13.4. The van der Waals surface area contributed by atoms with Crippen molar-refractivity contribution in [1.29, 1.82) is 0 Å². The molecule has 6 nitrogen and oxygen atoms in total. The van der Waals surface area contributed by atoms with Gasteiger partial charge in [-0.2, -0.15) is 4.98 Å². The summed E-state index contributed by atoms with van der Waals surface area (Å²) in [6.07, 6.45) is 1.44. The van der Waals surface area contributed by atoms with Crippen LogP contribution in [-0.2, 0) is 6.54 Å². The highest BCUT2D eigenvalue weighted by molar-refractivity contribution is 14.1. The Kier molecular flexibility index (Phi) is 2.97. The number of anilines is 1. The maximum Gasteiger partial charge on any atom is 0.283 e. The molecule has 3 aromatic rings. The number of nitrogens with one attached hydrogen (secondary N) is 1. The Bertz CT molecular complexity index is 807. The molecular formula is C12H10IN5O. The second-order valence-corrected chi connectivity index (χ2v) is 5.21. The van der Waals surface area contributed by atoms with E-state index >= 15 is 0 Å². The summed E-state index contributed by atoms with van der Waals surface area (Å²) in [4.78, 5) is 23.2. The first kappa shape index (κ1) is 12.2. The summed E-state index contributed by atoms with van der Waals surface area (Å²) >= 11 is 2.23. The lowest BCUT2D eigenvalue weighted by Crippen LogP contribution is -2.25. The number of nitrogen functional groups attached to an aromatic ring is 1. The molecule has 3 rings (SSSR count). The molecule has 7 heteroatoms. The quantitative estimate of drug-likeness (QED) is 0.670. The van der Waals surface area contributed by atoms with Crippen LogP contribution < -0.4 is 11.3 Å². The van der Waals surface area contributed by atoms with Crippen molar-refractivity contribution in [2.24, 2.45) is 0 Å². The fraction of sp³-hybridized carbons (Fsp3) is 0.0833. The van der Waals surface area contributed by atoms with Gasteiger partial charge in [0, 0.05) is 3.57 Å². The molecule has 0 atom stereocenters. The number of hydrogen-bond donors (Lipinski definition) is 2. The number of H-pyrrole nitrogens is 1. The van der Waals surface area contributed by atoms with Crippen LogP contribution in [0.5, 0.6) is 0 Å². The van der Waals surface area contributed by atoms with E-state index < -0.39 is 0 Å². The van der Waals surface area contributed by atoms with E-state index in [4.69, 9.17) is 5.73 Å². The molecule has 0 aliphatic heterocycles. The summed E-state index contributed by atoms with van der Waals surface area (Å²) in [7, 11) is 0. The molecule has 0 spiro atoms. The molecular weight excluding hydrogens is 357 g/mol. The van der Waals surface area contributed by atoms with Crippen molar-refractivity contribution < 1.29 is 0 Å². The molecule has 2 heterocycles. The lowest BCUT2D eigenvalue weighted by molar-refractivity contribution is 0.759. The van der Waals surface area contributed by atoms with Gasteiger partial charge in [0.05, 0.1) is 12.9 Å². The normalized spacial score (nSPS) is 11.0. The summed E-state index contributed by atoms with van der Waals surface area (Å²) in [5, 5.41) is 0. The topological polar surface area (TPSA) is 89.6 Å². The van der Waals surface area contributed by atoms with Crippen molar-refractivity contribution >= 4 is 39.7 Å². The Morgan fingerprint density at radius 3 is 2.95 bits per heavy atom. The molecule has 0 radical (unpaired) electrons. The van der Waals surface area contributed by atoms with Gasteiger partial charge in [0.15, 0.2) is 11.2 Å². The molecule has 2 aromatic heterocycles. The molecule has 0 fully saturated rings. The number of aromatic amines is 1. The SMILES string of the molecule is Nc1nc2[nH]cnc2c(=O)n1Cc1ccccc1I. The third-order valence-corrected chi connectivity index (χ3v) is 3.91. The van der Waals surface area contributed by atoms with Gasteiger partial charge in [0.1, 0.15) is 0 Å². The number of nitrogens with two attached hydrogens (primary N) is 1. The molecule has 0 bridgehead atoms. The second kappa shape index (κ2) is 4.65. The molecule has 19 heavy (non-hydrogen) atoms. The standard InChI is InChI=1S/C12H10IN5O/c13-8-4-2-1-3-7(8)5-18-11(19)9-10(16-6-15-9)17-12(18)14/h1-4,6H,5H2,(H2,14,17)(H,15,16). The maximum absolute atomic E-state index is 12.3. The molecule has 0 unspecified atom stereocenters. The lowest BCUT2D eigenvalue weighted by Gasteiger charge is -2.09. The second-order valence-electron chi connectivity index (χ2n) is 4.05. The number of fused-ring (bicyclic) bond motifs is 1. The average molecular weight is 367 g/mol. The zero-order valence-electron chi connectivity index (χ0n) is 9.80. The van der Waals surface area contributed by atoms with E-state index in [-0.39, 0.29) is 11.5 Å². The first-order valence-electron chi connectivity index (χ1n) is 5.59. The van der Waals surface area contributed by atoms with E-state index in [0.717, 1.165) is 9.13 Å². The Labute approximate surface area is 121 Å². The minimum absolute atomic E-state index is 0.182. The smallest absolute Gasteiger partial charge is 0.283 e. The summed E-state index contributed by atoms with van der Waals surface area (Å²) in [6.45, 7) is 0.388. The molecule has 0 saturated carbocycles. The van der Waals surface area contributed by atoms with Gasteiger partial charge in [-0.25, -0.2) is 4.98 Å². The Hall–Kier alpha value is -1.90. The third-order valence-electron chi connectivity index (χ3n) is 2.86. The summed E-state index contributed by atoms with van der Waals surface area (Å²) < 4.78 is 2.51. The summed E-state index contributed by atoms with van der Waals surface area (Å²) in [6, 6.07) is 7.83. The van der Waals surface area contributed by atoms with Gasteiger partial charge in [-0.15, -0.1) is 0 Å². The van der Waals surface area contributed by atoms with E-state index in [0.29, 0.717) is 17.7 Å². The summed E-state index contributed by atoms with van der Waals surface area (Å²) in [5.74, 6) is 0.182. The molecule has 0 saturated heterocycles. The van der Waals surface area contributed by atoms with Crippen LogP contribution in [0.1, 0.15) is 5.56 Å². The van der Waals surface area contributed by atoms with Gasteiger partial charge in [0.25, 0.3) is 5.56 Å². The van der Waals surface area contributed by atoms with E-state index in [1.165, 1.54) is 10.9 Å². The van der Waals surface area contributed by atoms with Crippen molar-refractivity contribution in [3.8, 4) is 0 Å². The van der Waals surface area contributed by atoms with Gasteiger partial charge < -0.3 is 10.7 Å². The average Bonchev–Trinajstić information content (AvgIpc) is 2.84. The van der Waals surface area contributed by atoms with Gasteiger partial charge in [-0.1, -0.05) is 18.2 Å². The van der Waals surface area contributed by atoms with Crippen LogP contribution in [0.2, 0.25) is 0 Å². The Balaban J connectivity index is 2.15. The number of halogens is 1. The summed E-state index contributed by atoms with van der Waals surface area (Å²) in [5.41, 5.74) is 7.36. The van der Waals surface area contributed by atoms with Gasteiger partial charge in [0.2, 0.25) is 5.95 Å². The largest absolute Gasteiger partial charge is 0.369 e. The van der Waals surface area contributed by atoms with Gasteiger partial charge in [-0.3, -0.25) is 9.36 Å². The van der Waals surface area contributed by atoms with Gasteiger partial charge in [-0.05, 0) is 34.2 Å². The van der Waals surface area contributed by atoms with E-state index in [2.05, 4.69) is 37.5 Å². The first-order chi connectivity index (χ1) is 9.16. The van der Waals surface area contributed by atoms with Crippen LogP contribution in [-0.4, -0.2) is 19.5 Å². The van der Waals surface area contributed by atoms with Crippen molar-refractivity contribution in [3.05, 3.63) is 50.1 Å². The van der Waals surface area contributed by atoms with Crippen LogP contribution in [0.15, 0.2) is 35.4 Å². The van der Waals surface area contributed by atoms with Crippen LogP contribution >= 0.6 is 22.6 Å². The minimum atomic E-state index is -0.233. The highest BCUT2D eigenvalue weighted by Crippen LogP contribution is 2.14. The molecule has 3 N–H and O–H groups in total. The Morgan fingerprint density at radius 2 is 2.16 bits per heavy atom. The highest BCUT2D eigenvalue weighted by atomic mass is 127. The van der Waals surface area contributed by atoms with Crippen molar-refractivity contribution in [2.45, 2.75) is 6.54 Å². The maximum atomic E-state index is 12.3.